The Morgan fingerprint density at radius 1 is 1.60 bits per heavy atom. The van der Waals surface area contributed by atoms with Crippen molar-refractivity contribution < 1.29 is 13.2 Å². The molecule has 0 spiro atoms. The lowest BCUT2D eigenvalue weighted by atomic mass is 10.5. The number of ketones is 1. The first-order valence-corrected chi connectivity index (χ1v) is 5.97. The number of hydrogen-bond donors (Lipinski definition) is 2. The average Bonchev–Trinajstić information content (AvgIpc) is 2.63. The van der Waals surface area contributed by atoms with Crippen molar-refractivity contribution in [2.24, 2.45) is 0 Å². The number of hydrogen-bond acceptors (Lipinski definition) is 4. The molecule has 0 amide bonds. The first-order valence-electron chi connectivity index (χ1n) is 4.48. The summed E-state index contributed by atoms with van der Waals surface area (Å²) < 4.78 is 25.2. The summed E-state index contributed by atoms with van der Waals surface area (Å²) in [7, 11) is -3.63. The van der Waals surface area contributed by atoms with Crippen LogP contribution in [-0.2, 0) is 21.2 Å². The average molecular weight is 231 g/mol. The minimum Gasteiger partial charge on any atom is -0.332 e. The van der Waals surface area contributed by atoms with E-state index < -0.39 is 10.0 Å². The van der Waals surface area contributed by atoms with Gasteiger partial charge in [0.2, 0.25) is 0 Å². The molecule has 0 aromatic carbocycles. The smallest absolute Gasteiger partial charge is 0.258 e. The van der Waals surface area contributed by atoms with Crippen molar-refractivity contribution in [1.29, 1.82) is 0 Å². The van der Waals surface area contributed by atoms with Crippen molar-refractivity contribution in [3.05, 3.63) is 12.0 Å². The normalized spacial score (nSPS) is 11.6. The largest absolute Gasteiger partial charge is 0.332 e. The van der Waals surface area contributed by atoms with Gasteiger partial charge < -0.3 is 4.98 Å². The number of aromatic amines is 1. The van der Waals surface area contributed by atoms with E-state index in [2.05, 4.69) is 14.7 Å². The summed E-state index contributed by atoms with van der Waals surface area (Å²) >= 11 is 0. The van der Waals surface area contributed by atoms with Crippen molar-refractivity contribution in [1.82, 2.24) is 14.7 Å². The van der Waals surface area contributed by atoms with Crippen LogP contribution in [-0.4, -0.2) is 30.7 Å². The molecule has 0 aliphatic rings. The van der Waals surface area contributed by atoms with Gasteiger partial charge in [-0.05, 0) is 6.92 Å². The van der Waals surface area contributed by atoms with Gasteiger partial charge in [0.15, 0.2) is 5.03 Å². The molecule has 1 aromatic rings. The molecule has 7 heteroatoms. The van der Waals surface area contributed by atoms with Crippen LogP contribution < -0.4 is 4.72 Å². The molecule has 6 nitrogen and oxygen atoms in total. The highest BCUT2D eigenvalue weighted by Gasteiger charge is 2.16. The SMILES string of the molecule is CCc1ncc(S(=O)(=O)NCC(C)=O)[nH]1. The summed E-state index contributed by atoms with van der Waals surface area (Å²) in [6.07, 6.45) is 1.86. The van der Waals surface area contributed by atoms with Gasteiger partial charge in [-0.3, -0.25) is 4.79 Å². The second-order valence-electron chi connectivity index (χ2n) is 3.07. The quantitative estimate of drug-likeness (QED) is 0.736. The Morgan fingerprint density at radius 3 is 2.73 bits per heavy atom. The van der Waals surface area contributed by atoms with E-state index in [-0.39, 0.29) is 17.4 Å². The van der Waals surface area contributed by atoms with Crippen LogP contribution in [0.4, 0.5) is 0 Å². The molecule has 0 radical (unpaired) electrons. The molecular weight excluding hydrogens is 218 g/mol. The number of aromatic nitrogens is 2. The first kappa shape index (κ1) is 11.9. The van der Waals surface area contributed by atoms with Crippen molar-refractivity contribution in [2.75, 3.05) is 6.54 Å². The molecule has 0 saturated heterocycles. The number of aryl methyl sites for hydroxylation is 1. The van der Waals surface area contributed by atoms with Crippen LogP contribution >= 0.6 is 0 Å². The predicted molar refractivity (Wildman–Crippen MR) is 53.8 cm³/mol. The monoisotopic (exact) mass is 231 g/mol. The third-order valence-electron chi connectivity index (χ3n) is 1.74. The predicted octanol–water partition coefficient (Wildman–Crippen LogP) is -0.161. The van der Waals surface area contributed by atoms with Crippen LogP contribution in [0.2, 0.25) is 0 Å². The lowest BCUT2D eigenvalue weighted by molar-refractivity contribution is -0.115. The van der Waals surface area contributed by atoms with Gasteiger partial charge in [0.1, 0.15) is 11.6 Å². The molecule has 1 rings (SSSR count). The summed E-state index contributed by atoms with van der Waals surface area (Å²) in [5, 5.41) is -0.0133. The Kier molecular flexibility index (Phi) is 3.59. The summed E-state index contributed by atoms with van der Waals surface area (Å²) in [6, 6.07) is 0. The number of rotatable bonds is 5. The maximum absolute atomic E-state index is 11.5. The van der Waals surface area contributed by atoms with Crippen LogP contribution in [0.25, 0.3) is 0 Å². The van der Waals surface area contributed by atoms with Crippen LogP contribution in [0.1, 0.15) is 19.7 Å². The highest BCUT2D eigenvalue weighted by Crippen LogP contribution is 2.05. The highest BCUT2D eigenvalue weighted by molar-refractivity contribution is 7.89. The number of H-pyrrole nitrogens is 1. The highest BCUT2D eigenvalue weighted by atomic mass is 32.2. The zero-order chi connectivity index (χ0) is 11.5. The van der Waals surface area contributed by atoms with Gasteiger partial charge in [-0.25, -0.2) is 18.1 Å². The summed E-state index contributed by atoms with van der Waals surface area (Å²) in [6.45, 7) is 2.97. The Bertz CT molecular complexity index is 449. The zero-order valence-electron chi connectivity index (χ0n) is 8.57. The minimum absolute atomic E-state index is 0.0133. The Labute approximate surface area is 88.2 Å². The van der Waals surface area contributed by atoms with Crippen molar-refractivity contribution >= 4 is 15.8 Å². The molecule has 2 N–H and O–H groups in total. The van der Waals surface area contributed by atoms with Crippen molar-refractivity contribution in [2.45, 2.75) is 25.3 Å². The lowest BCUT2D eigenvalue weighted by Gasteiger charge is -2.01. The van der Waals surface area contributed by atoms with Gasteiger partial charge >= 0.3 is 0 Å². The van der Waals surface area contributed by atoms with E-state index in [9.17, 15) is 13.2 Å². The van der Waals surface area contributed by atoms with Gasteiger partial charge in [0, 0.05) is 6.42 Å². The van der Waals surface area contributed by atoms with E-state index in [1.54, 1.807) is 0 Å². The van der Waals surface area contributed by atoms with Crippen LogP contribution in [0.15, 0.2) is 11.2 Å². The first-order chi connectivity index (χ1) is 6.95. The number of Topliss-reactive ketones (excluding diaryl/α,β-unsaturated/α-hetero) is 1. The molecule has 0 saturated carbocycles. The summed E-state index contributed by atoms with van der Waals surface area (Å²) in [4.78, 5) is 17.2. The molecular formula is C8H13N3O3S. The van der Waals surface area contributed by atoms with Gasteiger partial charge in [-0.1, -0.05) is 6.92 Å². The number of imidazole rings is 1. The van der Waals surface area contributed by atoms with E-state index in [1.807, 2.05) is 6.92 Å². The third kappa shape index (κ3) is 3.14. The molecule has 0 aliphatic carbocycles. The van der Waals surface area contributed by atoms with E-state index in [1.165, 1.54) is 13.1 Å². The molecule has 15 heavy (non-hydrogen) atoms. The van der Waals surface area contributed by atoms with Crippen molar-refractivity contribution in [3.8, 4) is 0 Å². The van der Waals surface area contributed by atoms with Crippen LogP contribution in [0.3, 0.4) is 0 Å². The lowest BCUT2D eigenvalue weighted by Crippen LogP contribution is -2.28. The number of carbonyl (C=O) groups is 1. The Balaban J connectivity index is 2.81. The van der Waals surface area contributed by atoms with E-state index >= 15 is 0 Å². The van der Waals surface area contributed by atoms with Crippen LogP contribution in [0, 0.1) is 0 Å². The van der Waals surface area contributed by atoms with Gasteiger partial charge in [-0.2, -0.15) is 0 Å². The van der Waals surface area contributed by atoms with E-state index in [4.69, 9.17) is 0 Å². The maximum atomic E-state index is 11.5. The Morgan fingerprint density at radius 2 is 2.27 bits per heavy atom. The number of carbonyl (C=O) groups excluding carboxylic acids is 1. The standard InChI is InChI=1S/C8H13N3O3S/c1-3-7-9-5-8(11-7)15(13,14)10-4-6(2)12/h5,10H,3-4H2,1-2H3,(H,9,11). The zero-order valence-corrected chi connectivity index (χ0v) is 9.39. The van der Waals surface area contributed by atoms with Gasteiger partial charge in [-0.15, -0.1) is 0 Å². The molecule has 0 bridgehead atoms. The van der Waals surface area contributed by atoms with E-state index in [0.29, 0.717) is 12.2 Å². The second kappa shape index (κ2) is 4.54. The Hall–Kier alpha value is -1.21. The summed E-state index contributed by atoms with van der Waals surface area (Å²) in [5.41, 5.74) is 0. The molecule has 1 aromatic heterocycles. The van der Waals surface area contributed by atoms with Gasteiger partial charge in [0.05, 0.1) is 12.7 Å². The fourth-order valence-corrected chi connectivity index (χ4v) is 1.93. The topological polar surface area (TPSA) is 91.9 Å². The second-order valence-corrected chi connectivity index (χ2v) is 4.81. The maximum Gasteiger partial charge on any atom is 0.258 e. The molecule has 0 aliphatic heterocycles. The van der Waals surface area contributed by atoms with Crippen LogP contribution in [0.5, 0.6) is 0 Å². The fourth-order valence-electron chi connectivity index (χ4n) is 0.934. The minimum atomic E-state index is -3.63. The molecule has 0 fully saturated rings. The fraction of sp³-hybridized carbons (Fsp3) is 0.500. The number of nitrogens with zero attached hydrogens (tertiary/aromatic N) is 1. The third-order valence-corrected chi connectivity index (χ3v) is 3.05. The molecule has 1 heterocycles. The molecule has 0 atom stereocenters. The number of nitrogens with one attached hydrogen (secondary N) is 2. The van der Waals surface area contributed by atoms with Gasteiger partial charge in [0.25, 0.3) is 10.0 Å². The molecule has 84 valence electrons. The number of sulfonamides is 1. The van der Waals surface area contributed by atoms with Crippen molar-refractivity contribution in [3.63, 3.8) is 0 Å². The molecule has 0 unspecified atom stereocenters. The summed E-state index contributed by atoms with van der Waals surface area (Å²) in [5.74, 6) is 0.354. The van der Waals surface area contributed by atoms with E-state index in [0.717, 1.165) is 0 Å².